The van der Waals surface area contributed by atoms with Gasteiger partial charge in [-0.05, 0) is 58.7 Å². The zero-order valence-corrected chi connectivity index (χ0v) is 14.3. The average Bonchev–Trinajstić information content (AvgIpc) is 2.62. The summed E-state index contributed by atoms with van der Waals surface area (Å²) in [5.41, 5.74) is 9.80. The summed E-state index contributed by atoms with van der Waals surface area (Å²) in [6.45, 7) is 6.77. The van der Waals surface area contributed by atoms with Gasteiger partial charge in [-0.2, -0.15) is 0 Å². The second-order valence-corrected chi connectivity index (χ2v) is 6.01. The summed E-state index contributed by atoms with van der Waals surface area (Å²) in [4.78, 5) is 0. The number of hydrogen-bond acceptors (Lipinski definition) is 0. The van der Waals surface area contributed by atoms with E-state index in [-0.39, 0.29) is 0 Å². The maximum absolute atomic E-state index is 2.37. The molecule has 116 valence electrons. The number of rotatable bonds is 4. The molecule has 0 N–H and O–H groups in total. The van der Waals surface area contributed by atoms with Gasteiger partial charge in [-0.15, -0.1) is 0 Å². The van der Waals surface area contributed by atoms with Crippen molar-refractivity contribution in [3.8, 4) is 22.3 Å². The lowest BCUT2D eigenvalue weighted by Gasteiger charge is -2.21. The Labute approximate surface area is 139 Å². The highest BCUT2D eigenvalue weighted by Crippen LogP contribution is 2.37. The van der Waals surface area contributed by atoms with Gasteiger partial charge in [0, 0.05) is 0 Å². The summed E-state index contributed by atoms with van der Waals surface area (Å²) in [5.74, 6) is 0. The van der Waals surface area contributed by atoms with E-state index in [2.05, 4.69) is 87.5 Å². The van der Waals surface area contributed by atoms with Gasteiger partial charge in [0.1, 0.15) is 0 Å². The molecule has 0 saturated carbocycles. The number of benzene rings is 3. The van der Waals surface area contributed by atoms with Gasteiger partial charge in [0.15, 0.2) is 0 Å². The first-order valence-corrected chi connectivity index (χ1v) is 8.52. The molecule has 3 aromatic rings. The Hall–Kier alpha value is -2.34. The van der Waals surface area contributed by atoms with Crippen LogP contribution in [0, 0.1) is 6.92 Å². The lowest BCUT2D eigenvalue weighted by Crippen LogP contribution is -2.01. The van der Waals surface area contributed by atoms with E-state index in [1.54, 1.807) is 0 Å². The van der Waals surface area contributed by atoms with Gasteiger partial charge in [-0.25, -0.2) is 0 Å². The molecule has 0 bridgehead atoms. The summed E-state index contributed by atoms with van der Waals surface area (Å²) in [6.07, 6.45) is 2.11. The Morgan fingerprint density at radius 2 is 1.17 bits per heavy atom. The molecule has 0 amide bonds. The fourth-order valence-electron chi connectivity index (χ4n) is 3.56. The van der Waals surface area contributed by atoms with E-state index < -0.39 is 0 Å². The van der Waals surface area contributed by atoms with Gasteiger partial charge in [-0.3, -0.25) is 0 Å². The first kappa shape index (κ1) is 15.6. The molecule has 0 spiro atoms. The van der Waals surface area contributed by atoms with Crippen molar-refractivity contribution >= 4 is 0 Å². The van der Waals surface area contributed by atoms with Crippen molar-refractivity contribution in [3.63, 3.8) is 0 Å². The zero-order valence-electron chi connectivity index (χ0n) is 14.3. The van der Waals surface area contributed by atoms with Crippen molar-refractivity contribution < 1.29 is 0 Å². The third-order valence-corrected chi connectivity index (χ3v) is 4.62. The van der Waals surface area contributed by atoms with Gasteiger partial charge in [0.2, 0.25) is 0 Å². The molecule has 0 heteroatoms. The van der Waals surface area contributed by atoms with Crippen LogP contribution in [0.4, 0.5) is 0 Å². The molecule has 0 nitrogen and oxygen atoms in total. The highest BCUT2D eigenvalue weighted by Gasteiger charge is 2.16. The van der Waals surface area contributed by atoms with Crippen molar-refractivity contribution in [2.24, 2.45) is 0 Å². The lowest BCUT2D eigenvalue weighted by molar-refractivity contribution is 1.07. The Morgan fingerprint density at radius 1 is 0.652 bits per heavy atom. The van der Waals surface area contributed by atoms with E-state index in [9.17, 15) is 0 Å². The highest BCUT2D eigenvalue weighted by atomic mass is 14.2. The van der Waals surface area contributed by atoms with Crippen LogP contribution in [0.2, 0.25) is 0 Å². The van der Waals surface area contributed by atoms with E-state index in [1.165, 1.54) is 38.9 Å². The standard InChI is InChI=1S/C23H24/c1-4-20-17(3)16-22(18-12-8-6-9-13-18)21(5-2)23(20)19-14-10-7-11-15-19/h6-16H,4-5H2,1-3H3. The normalized spacial score (nSPS) is 10.7. The largest absolute Gasteiger partial charge is 0.0622 e. The van der Waals surface area contributed by atoms with Gasteiger partial charge in [0.05, 0.1) is 0 Å². The van der Waals surface area contributed by atoms with E-state index in [4.69, 9.17) is 0 Å². The fourth-order valence-corrected chi connectivity index (χ4v) is 3.56. The van der Waals surface area contributed by atoms with Crippen molar-refractivity contribution in [1.82, 2.24) is 0 Å². The molecule has 0 aliphatic rings. The monoisotopic (exact) mass is 300 g/mol. The molecule has 0 heterocycles. The van der Waals surface area contributed by atoms with Crippen LogP contribution in [0.3, 0.4) is 0 Å². The molecule has 0 aromatic heterocycles. The summed E-state index contributed by atoms with van der Waals surface area (Å²) in [6, 6.07) is 24.0. The summed E-state index contributed by atoms with van der Waals surface area (Å²) >= 11 is 0. The zero-order chi connectivity index (χ0) is 16.2. The van der Waals surface area contributed by atoms with Gasteiger partial charge >= 0.3 is 0 Å². The van der Waals surface area contributed by atoms with Crippen LogP contribution in [-0.4, -0.2) is 0 Å². The van der Waals surface area contributed by atoms with Crippen molar-refractivity contribution in [2.75, 3.05) is 0 Å². The number of aryl methyl sites for hydroxylation is 1. The second-order valence-electron chi connectivity index (χ2n) is 6.01. The maximum Gasteiger partial charge on any atom is -0.0111 e. The van der Waals surface area contributed by atoms with Gasteiger partial charge in [-0.1, -0.05) is 80.6 Å². The molecule has 0 aliphatic carbocycles. The smallest absolute Gasteiger partial charge is 0.0111 e. The van der Waals surface area contributed by atoms with E-state index in [1.807, 2.05) is 0 Å². The Kier molecular flexibility index (Phi) is 4.62. The van der Waals surface area contributed by atoms with Gasteiger partial charge in [0.25, 0.3) is 0 Å². The fraction of sp³-hybridized carbons (Fsp3) is 0.217. The van der Waals surface area contributed by atoms with Crippen LogP contribution in [0.25, 0.3) is 22.3 Å². The van der Waals surface area contributed by atoms with Gasteiger partial charge < -0.3 is 0 Å². The van der Waals surface area contributed by atoms with Crippen LogP contribution in [0.1, 0.15) is 30.5 Å². The third-order valence-electron chi connectivity index (χ3n) is 4.62. The Bertz CT molecular complexity index is 783. The minimum atomic E-state index is 1.04. The molecule has 0 atom stereocenters. The molecule has 0 fully saturated rings. The summed E-state index contributed by atoms with van der Waals surface area (Å²) < 4.78 is 0. The molecule has 23 heavy (non-hydrogen) atoms. The van der Waals surface area contributed by atoms with Crippen molar-refractivity contribution in [3.05, 3.63) is 83.4 Å². The van der Waals surface area contributed by atoms with E-state index in [0.717, 1.165) is 12.8 Å². The van der Waals surface area contributed by atoms with Crippen LogP contribution >= 0.6 is 0 Å². The summed E-state index contributed by atoms with van der Waals surface area (Å²) in [5, 5.41) is 0. The molecular formula is C23H24. The molecule has 0 unspecified atom stereocenters. The van der Waals surface area contributed by atoms with Crippen LogP contribution < -0.4 is 0 Å². The van der Waals surface area contributed by atoms with Crippen molar-refractivity contribution in [1.29, 1.82) is 0 Å². The minimum Gasteiger partial charge on any atom is -0.0622 e. The van der Waals surface area contributed by atoms with E-state index >= 15 is 0 Å². The Balaban J connectivity index is 2.34. The molecule has 3 aromatic carbocycles. The first-order chi connectivity index (χ1) is 11.3. The SMILES string of the molecule is CCc1c(C)cc(-c2ccccc2)c(CC)c1-c1ccccc1. The Morgan fingerprint density at radius 3 is 1.70 bits per heavy atom. The lowest BCUT2D eigenvalue weighted by atomic mass is 9.84. The number of hydrogen-bond donors (Lipinski definition) is 0. The third kappa shape index (κ3) is 2.94. The molecular weight excluding hydrogens is 276 g/mol. The quantitative estimate of drug-likeness (QED) is 0.519. The van der Waals surface area contributed by atoms with Crippen LogP contribution in [0.5, 0.6) is 0 Å². The van der Waals surface area contributed by atoms with Crippen LogP contribution in [-0.2, 0) is 12.8 Å². The predicted molar refractivity (Wildman–Crippen MR) is 101 cm³/mol. The predicted octanol–water partition coefficient (Wildman–Crippen LogP) is 6.45. The highest BCUT2D eigenvalue weighted by molar-refractivity contribution is 5.82. The molecule has 0 aliphatic heterocycles. The van der Waals surface area contributed by atoms with E-state index in [0.29, 0.717) is 0 Å². The maximum atomic E-state index is 2.37. The minimum absolute atomic E-state index is 1.04. The average molecular weight is 300 g/mol. The molecule has 0 saturated heterocycles. The molecule has 3 rings (SSSR count). The second kappa shape index (κ2) is 6.83. The van der Waals surface area contributed by atoms with Crippen molar-refractivity contribution in [2.45, 2.75) is 33.6 Å². The van der Waals surface area contributed by atoms with Crippen LogP contribution in [0.15, 0.2) is 66.7 Å². The topological polar surface area (TPSA) is 0 Å². The summed E-state index contributed by atoms with van der Waals surface area (Å²) in [7, 11) is 0. The molecule has 0 radical (unpaired) electrons. The first-order valence-electron chi connectivity index (χ1n) is 8.52.